The Morgan fingerprint density at radius 1 is 1.08 bits per heavy atom. The van der Waals surface area contributed by atoms with Gasteiger partial charge in [0.25, 0.3) is 0 Å². The Labute approximate surface area is 144 Å². The van der Waals surface area contributed by atoms with Crippen molar-refractivity contribution in [1.82, 2.24) is 24.3 Å². The van der Waals surface area contributed by atoms with Gasteiger partial charge in [-0.15, -0.1) is 0 Å². The number of hydrogen-bond acceptors (Lipinski definition) is 6. The molecule has 0 aliphatic heterocycles. The van der Waals surface area contributed by atoms with Crippen LogP contribution in [0.1, 0.15) is 19.8 Å². The highest BCUT2D eigenvalue weighted by molar-refractivity contribution is 6.07. The molecule has 2 N–H and O–H groups in total. The molecule has 4 heterocycles. The fourth-order valence-corrected chi connectivity index (χ4v) is 2.97. The first-order chi connectivity index (χ1) is 12.3. The van der Waals surface area contributed by atoms with Gasteiger partial charge in [0, 0.05) is 24.2 Å². The van der Waals surface area contributed by atoms with Gasteiger partial charge in [-0.05, 0) is 24.6 Å². The van der Waals surface area contributed by atoms with Crippen molar-refractivity contribution < 1.29 is 4.74 Å². The SMILES string of the molecule is CCCCOc1ccnc2c1c(-c1ccncn1)c1ccnc(N)n12. The lowest BCUT2D eigenvalue weighted by Gasteiger charge is -2.08. The first-order valence-electron chi connectivity index (χ1n) is 8.24. The van der Waals surface area contributed by atoms with Crippen LogP contribution in [0.3, 0.4) is 0 Å². The second kappa shape index (κ2) is 6.35. The van der Waals surface area contributed by atoms with Crippen LogP contribution < -0.4 is 10.5 Å². The van der Waals surface area contributed by atoms with E-state index < -0.39 is 0 Å². The first-order valence-corrected chi connectivity index (χ1v) is 8.24. The van der Waals surface area contributed by atoms with Gasteiger partial charge < -0.3 is 10.5 Å². The van der Waals surface area contributed by atoms with E-state index in [2.05, 4.69) is 26.9 Å². The summed E-state index contributed by atoms with van der Waals surface area (Å²) in [5.74, 6) is 1.15. The Kier molecular flexibility index (Phi) is 3.89. The van der Waals surface area contributed by atoms with Gasteiger partial charge in [0.05, 0.1) is 23.2 Å². The lowest BCUT2D eigenvalue weighted by atomic mass is 10.1. The summed E-state index contributed by atoms with van der Waals surface area (Å²) in [6.45, 7) is 2.79. The number of nitrogens with zero attached hydrogens (tertiary/aromatic N) is 5. The average molecular weight is 334 g/mol. The van der Waals surface area contributed by atoms with Crippen LogP contribution in [-0.2, 0) is 0 Å². The van der Waals surface area contributed by atoms with Crippen molar-refractivity contribution in [3.8, 4) is 17.0 Å². The first kappa shape index (κ1) is 15.3. The highest BCUT2D eigenvalue weighted by Crippen LogP contribution is 2.39. The monoisotopic (exact) mass is 334 g/mol. The minimum absolute atomic E-state index is 0.376. The van der Waals surface area contributed by atoms with Crippen LogP contribution in [0.25, 0.3) is 27.8 Å². The zero-order valence-corrected chi connectivity index (χ0v) is 13.9. The van der Waals surface area contributed by atoms with Crippen molar-refractivity contribution in [3.63, 3.8) is 0 Å². The van der Waals surface area contributed by atoms with Gasteiger partial charge in [0.1, 0.15) is 12.1 Å². The molecule has 0 saturated heterocycles. The molecule has 0 spiro atoms. The van der Waals surface area contributed by atoms with Crippen LogP contribution in [0.4, 0.5) is 5.95 Å². The third-order valence-corrected chi connectivity index (χ3v) is 4.11. The molecule has 4 aromatic heterocycles. The lowest BCUT2D eigenvalue weighted by Crippen LogP contribution is -2.00. The summed E-state index contributed by atoms with van der Waals surface area (Å²) >= 11 is 0. The molecular formula is C18H18N6O. The van der Waals surface area contributed by atoms with Gasteiger partial charge in [0.2, 0.25) is 5.95 Å². The summed E-state index contributed by atoms with van der Waals surface area (Å²) in [6, 6.07) is 5.66. The number of anilines is 1. The molecule has 0 fully saturated rings. The molecule has 7 nitrogen and oxygen atoms in total. The number of rotatable bonds is 5. The molecule has 0 amide bonds. The maximum absolute atomic E-state index is 6.12. The minimum Gasteiger partial charge on any atom is -0.493 e. The van der Waals surface area contributed by atoms with Crippen LogP contribution in [-0.4, -0.2) is 30.9 Å². The fourth-order valence-electron chi connectivity index (χ4n) is 2.97. The maximum Gasteiger partial charge on any atom is 0.206 e. The maximum atomic E-state index is 6.12. The number of aromatic nitrogens is 5. The largest absolute Gasteiger partial charge is 0.493 e. The van der Waals surface area contributed by atoms with Crippen molar-refractivity contribution in [2.45, 2.75) is 19.8 Å². The number of nitrogen functional groups attached to an aromatic ring is 1. The van der Waals surface area contributed by atoms with Crippen LogP contribution >= 0.6 is 0 Å². The van der Waals surface area contributed by atoms with E-state index >= 15 is 0 Å². The molecule has 0 unspecified atom stereocenters. The molecule has 0 atom stereocenters. The Morgan fingerprint density at radius 2 is 1.96 bits per heavy atom. The third kappa shape index (κ3) is 2.53. The van der Waals surface area contributed by atoms with E-state index in [-0.39, 0.29) is 0 Å². The van der Waals surface area contributed by atoms with Crippen molar-refractivity contribution >= 4 is 22.5 Å². The van der Waals surface area contributed by atoms with Crippen LogP contribution in [0.15, 0.2) is 43.1 Å². The zero-order chi connectivity index (χ0) is 17.2. The summed E-state index contributed by atoms with van der Waals surface area (Å²) < 4.78 is 7.87. The molecule has 0 bridgehead atoms. The van der Waals surface area contributed by atoms with Crippen molar-refractivity contribution in [1.29, 1.82) is 0 Å². The second-order valence-corrected chi connectivity index (χ2v) is 5.70. The normalized spacial score (nSPS) is 11.2. The zero-order valence-electron chi connectivity index (χ0n) is 13.9. The summed E-state index contributed by atoms with van der Waals surface area (Å²) in [7, 11) is 0. The van der Waals surface area contributed by atoms with Crippen LogP contribution in [0.2, 0.25) is 0 Å². The van der Waals surface area contributed by atoms with E-state index in [1.54, 1.807) is 18.6 Å². The smallest absolute Gasteiger partial charge is 0.206 e. The van der Waals surface area contributed by atoms with Gasteiger partial charge in [-0.3, -0.25) is 4.40 Å². The lowest BCUT2D eigenvalue weighted by molar-refractivity contribution is 0.313. The van der Waals surface area contributed by atoms with Gasteiger partial charge in [-0.2, -0.15) is 0 Å². The Morgan fingerprint density at radius 3 is 2.76 bits per heavy atom. The van der Waals surface area contributed by atoms with Gasteiger partial charge in [-0.1, -0.05) is 13.3 Å². The summed E-state index contributed by atoms with van der Waals surface area (Å²) in [5.41, 5.74) is 9.44. The van der Waals surface area contributed by atoms with E-state index in [0.29, 0.717) is 18.2 Å². The molecule has 126 valence electrons. The molecule has 4 rings (SSSR count). The standard InChI is InChI=1S/C18H18N6O/c1-2-3-10-25-14-6-9-21-17-16(14)15(12-4-7-20-11-23-12)13-5-8-22-18(19)24(13)17/h4-9,11H,2-3,10H2,1H3,(H2,19,22). The molecule has 0 radical (unpaired) electrons. The Hall–Kier alpha value is -3.22. The molecule has 0 saturated carbocycles. The highest BCUT2D eigenvalue weighted by Gasteiger charge is 2.20. The van der Waals surface area contributed by atoms with Crippen molar-refractivity contribution in [2.24, 2.45) is 0 Å². The molecular weight excluding hydrogens is 316 g/mol. The molecule has 7 heteroatoms. The predicted molar refractivity (Wildman–Crippen MR) is 96.3 cm³/mol. The van der Waals surface area contributed by atoms with Gasteiger partial charge in [-0.25, -0.2) is 19.9 Å². The predicted octanol–water partition coefficient (Wildman–Crippen LogP) is 3.10. The third-order valence-electron chi connectivity index (χ3n) is 4.11. The van der Waals surface area contributed by atoms with E-state index in [9.17, 15) is 0 Å². The average Bonchev–Trinajstić information content (AvgIpc) is 2.99. The number of ether oxygens (including phenoxy) is 1. The topological polar surface area (TPSA) is 91.2 Å². The molecule has 4 aromatic rings. The Bertz CT molecular complexity index is 1030. The molecule has 0 aromatic carbocycles. The summed E-state index contributed by atoms with van der Waals surface area (Å²) in [6.07, 6.45) is 8.73. The van der Waals surface area contributed by atoms with Crippen molar-refractivity contribution in [3.05, 3.63) is 43.1 Å². The van der Waals surface area contributed by atoms with Gasteiger partial charge >= 0.3 is 0 Å². The van der Waals surface area contributed by atoms with E-state index in [0.717, 1.165) is 40.8 Å². The Balaban J connectivity index is 2.06. The van der Waals surface area contributed by atoms with Crippen LogP contribution in [0.5, 0.6) is 5.75 Å². The molecule has 0 aliphatic rings. The number of nitrogens with two attached hydrogens (primary N) is 1. The molecule has 25 heavy (non-hydrogen) atoms. The number of unbranched alkanes of at least 4 members (excludes halogenated alkanes) is 1. The van der Waals surface area contributed by atoms with Crippen molar-refractivity contribution in [2.75, 3.05) is 12.3 Å². The number of hydrogen-bond donors (Lipinski definition) is 1. The van der Waals surface area contributed by atoms with E-state index in [4.69, 9.17) is 10.5 Å². The second-order valence-electron chi connectivity index (χ2n) is 5.70. The molecule has 0 aliphatic carbocycles. The van der Waals surface area contributed by atoms with E-state index in [1.807, 2.05) is 22.6 Å². The summed E-state index contributed by atoms with van der Waals surface area (Å²) in [5, 5.41) is 0.886. The highest BCUT2D eigenvalue weighted by atomic mass is 16.5. The quantitative estimate of drug-likeness (QED) is 0.564. The van der Waals surface area contributed by atoms with Crippen LogP contribution in [0, 0.1) is 0 Å². The summed E-state index contributed by atoms with van der Waals surface area (Å²) in [4.78, 5) is 17.2. The van der Waals surface area contributed by atoms with Gasteiger partial charge in [0.15, 0.2) is 5.65 Å². The minimum atomic E-state index is 0.376. The number of fused-ring (bicyclic) bond motifs is 3. The van der Waals surface area contributed by atoms with E-state index in [1.165, 1.54) is 6.33 Å². The number of pyridine rings is 1. The fraction of sp³-hybridized carbons (Fsp3) is 0.222.